The summed E-state index contributed by atoms with van der Waals surface area (Å²) in [7, 11) is 1.37. The summed E-state index contributed by atoms with van der Waals surface area (Å²) in [6, 6.07) is 6.43. The lowest BCUT2D eigenvalue weighted by molar-refractivity contribution is -0.148. The summed E-state index contributed by atoms with van der Waals surface area (Å²) >= 11 is 0. The molecule has 0 spiro atoms. The van der Waals surface area contributed by atoms with Crippen molar-refractivity contribution >= 4 is 5.97 Å². The van der Waals surface area contributed by atoms with E-state index in [-0.39, 0.29) is 23.6 Å². The van der Waals surface area contributed by atoms with E-state index in [1.54, 1.807) is 18.2 Å². The molecule has 0 radical (unpaired) electrons. The van der Waals surface area contributed by atoms with Gasteiger partial charge in [-0.1, -0.05) is 12.1 Å². The molecule has 1 atom stereocenters. The monoisotopic (exact) mass is 297 g/mol. The van der Waals surface area contributed by atoms with Crippen molar-refractivity contribution in [2.75, 3.05) is 13.7 Å². The average Bonchev–Trinajstić information content (AvgIpc) is 2.43. The number of hydrogen-bond donors (Lipinski definition) is 1. The van der Waals surface area contributed by atoms with Crippen LogP contribution in [-0.4, -0.2) is 31.3 Å². The van der Waals surface area contributed by atoms with Gasteiger partial charge in [-0.3, -0.25) is 10.1 Å². The fraction of sp³-hybridized carbons (Fsp3) is 0.562. The maximum atomic E-state index is 13.4. The number of methoxy groups -OCH3 is 1. The fourth-order valence-electron chi connectivity index (χ4n) is 2.27. The van der Waals surface area contributed by atoms with E-state index in [9.17, 15) is 9.18 Å². The number of hydrogen-bond acceptors (Lipinski definition) is 4. The summed E-state index contributed by atoms with van der Waals surface area (Å²) in [5.74, 6) is -0.454. The Morgan fingerprint density at radius 1 is 1.38 bits per heavy atom. The van der Waals surface area contributed by atoms with E-state index in [0.717, 1.165) is 0 Å². The summed E-state index contributed by atoms with van der Waals surface area (Å²) in [4.78, 5) is 11.9. The van der Waals surface area contributed by atoms with Crippen molar-refractivity contribution in [3.63, 3.8) is 0 Å². The van der Waals surface area contributed by atoms with Gasteiger partial charge < -0.3 is 9.47 Å². The van der Waals surface area contributed by atoms with Crippen molar-refractivity contribution in [2.24, 2.45) is 0 Å². The summed E-state index contributed by atoms with van der Waals surface area (Å²) in [5.41, 5.74) is -0.762. The minimum atomic E-state index is -0.762. The van der Waals surface area contributed by atoms with Gasteiger partial charge in [0.25, 0.3) is 0 Å². The molecule has 5 heteroatoms. The first-order chi connectivity index (χ1) is 9.89. The third-order valence-electron chi connectivity index (χ3n) is 3.16. The maximum absolute atomic E-state index is 13.4. The first-order valence-electron chi connectivity index (χ1n) is 7.12. The molecule has 0 aliphatic rings. The lowest BCUT2D eigenvalue weighted by Crippen LogP contribution is -2.53. The molecule has 0 bridgehead atoms. The molecule has 0 amide bonds. The van der Waals surface area contributed by atoms with Crippen molar-refractivity contribution in [3.05, 3.63) is 30.1 Å². The van der Waals surface area contributed by atoms with Crippen molar-refractivity contribution in [3.8, 4) is 5.75 Å². The highest BCUT2D eigenvalue weighted by Gasteiger charge is 2.34. The highest BCUT2D eigenvalue weighted by molar-refractivity contribution is 5.80. The van der Waals surface area contributed by atoms with E-state index in [4.69, 9.17) is 9.47 Å². The molecule has 0 saturated heterocycles. The first-order valence-corrected chi connectivity index (χ1v) is 7.12. The van der Waals surface area contributed by atoms with Gasteiger partial charge in [-0.2, -0.15) is 0 Å². The van der Waals surface area contributed by atoms with E-state index in [1.807, 2.05) is 20.8 Å². The largest absolute Gasteiger partial charge is 0.491 e. The molecule has 21 heavy (non-hydrogen) atoms. The van der Waals surface area contributed by atoms with Crippen LogP contribution in [0.1, 0.15) is 33.6 Å². The lowest BCUT2D eigenvalue weighted by atomic mass is 9.95. The predicted molar refractivity (Wildman–Crippen MR) is 79.8 cm³/mol. The van der Waals surface area contributed by atoms with Crippen molar-refractivity contribution < 1.29 is 18.7 Å². The minimum Gasteiger partial charge on any atom is -0.491 e. The van der Waals surface area contributed by atoms with Gasteiger partial charge in [0.1, 0.15) is 5.54 Å². The second-order valence-corrected chi connectivity index (χ2v) is 5.51. The summed E-state index contributed by atoms with van der Waals surface area (Å²) in [5, 5.41) is 3.21. The number of esters is 1. The van der Waals surface area contributed by atoms with E-state index in [2.05, 4.69) is 5.32 Å². The van der Waals surface area contributed by atoms with Crippen molar-refractivity contribution in [1.82, 2.24) is 5.32 Å². The zero-order valence-electron chi connectivity index (χ0n) is 13.1. The maximum Gasteiger partial charge on any atom is 0.325 e. The molecular formula is C16H24FNO3. The van der Waals surface area contributed by atoms with Crippen LogP contribution in [0.5, 0.6) is 5.75 Å². The Labute approximate surface area is 125 Å². The summed E-state index contributed by atoms with van der Waals surface area (Å²) in [6.45, 7) is 6.09. The second-order valence-electron chi connectivity index (χ2n) is 5.51. The van der Waals surface area contributed by atoms with Crippen LogP contribution in [0.4, 0.5) is 4.39 Å². The molecule has 0 heterocycles. The van der Waals surface area contributed by atoms with Crippen LogP contribution in [0.2, 0.25) is 0 Å². The third kappa shape index (κ3) is 5.34. The average molecular weight is 297 g/mol. The molecule has 0 saturated carbocycles. The normalized spacial score (nSPS) is 13.8. The van der Waals surface area contributed by atoms with Gasteiger partial charge in [-0.05, 0) is 45.7 Å². The molecule has 1 aromatic carbocycles. The number of rotatable bonds is 8. The Morgan fingerprint density at radius 3 is 2.62 bits per heavy atom. The highest BCUT2D eigenvalue weighted by Crippen LogP contribution is 2.18. The highest BCUT2D eigenvalue weighted by atomic mass is 19.1. The van der Waals surface area contributed by atoms with Gasteiger partial charge in [-0.25, -0.2) is 4.39 Å². The molecule has 4 nitrogen and oxygen atoms in total. The Kier molecular flexibility index (Phi) is 6.62. The molecule has 1 N–H and O–H groups in total. The number of ether oxygens (including phenoxy) is 2. The fourth-order valence-corrected chi connectivity index (χ4v) is 2.27. The quantitative estimate of drug-likeness (QED) is 0.592. The topological polar surface area (TPSA) is 47.6 Å². The van der Waals surface area contributed by atoms with E-state index < -0.39 is 5.54 Å². The number of carbonyl (C=O) groups is 1. The van der Waals surface area contributed by atoms with Crippen molar-refractivity contribution in [1.29, 1.82) is 0 Å². The molecule has 0 aromatic heterocycles. The van der Waals surface area contributed by atoms with Crippen LogP contribution in [0.25, 0.3) is 0 Å². The van der Waals surface area contributed by atoms with E-state index in [0.29, 0.717) is 19.4 Å². The summed E-state index contributed by atoms with van der Waals surface area (Å²) < 4.78 is 23.6. The van der Waals surface area contributed by atoms with E-state index >= 15 is 0 Å². The molecule has 0 aliphatic carbocycles. The smallest absolute Gasteiger partial charge is 0.325 e. The number of carbonyl (C=O) groups excluding carboxylic acids is 1. The Balaban J connectivity index is 2.51. The standard InChI is InChI=1S/C16H24FNO3/c1-12(2)18-16(3,15(19)20-4)10-7-11-21-14-9-6-5-8-13(14)17/h5-6,8-9,12,18H,7,10-11H2,1-4H3. The van der Waals surface area contributed by atoms with Gasteiger partial charge in [0.2, 0.25) is 0 Å². The Morgan fingerprint density at radius 2 is 2.05 bits per heavy atom. The van der Waals surface area contributed by atoms with Crippen LogP contribution >= 0.6 is 0 Å². The molecule has 118 valence electrons. The van der Waals surface area contributed by atoms with Crippen LogP contribution in [-0.2, 0) is 9.53 Å². The number of para-hydroxylation sites is 1. The van der Waals surface area contributed by atoms with Gasteiger partial charge in [0, 0.05) is 6.04 Å². The number of benzene rings is 1. The van der Waals surface area contributed by atoms with Gasteiger partial charge >= 0.3 is 5.97 Å². The predicted octanol–water partition coefficient (Wildman–Crippen LogP) is 2.91. The second kappa shape index (κ2) is 7.98. The first kappa shape index (κ1) is 17.4. The minimum absolute atomic E-state index is 0.154. The number of nitrogens with one attached hydrogen (secondary N) is 1. The SMILES string of the molecule is COC(=O)C(C)(CCCOc1ccccc1F)NC(C)C. The Bertz CT molecular complexity index is 465. The summed E-state index contributed by atoms with van der Waals surface area (Å²) in [6.07, 6.45) is 1.16. The molecule has 0 aliphatic heterocycles. The molecule has 1 rings (SSSR count). The van der Waals surface area contributed by atoms with Crippen LogP contribution in [0.15, 0.2) is 24.3 Å². The lowest BCUT2D eigenvalue weighted by Gasteiger charge is -2.30. The van der Waals surface area contributed by atoms with Crippen LogP contribution < -0.4 is 10.1 Å². The van der Waals surface area contributed by atoms with Crippen molar-refractivity contribution in [2.45, 2.75) is 45.2 Å². The Hall–Kier alpha value is -1.62. The third-order valence-corrected chi connectivity index (χ3v) is 3.16. The molecule has 0 fully saturated rings. The van der Waals surface area contributed by atoms with Gasteiger partial charge in [0.15, 0.2) is 11.6 Å². The van der Waals surface area contributed by atoms with E-state index in [1.165, 1.54) is 13.2 Å². The molecule has 1 unspecified atom stereocenters. The zero-order chi connectivity index (χ0) is 15.9. The number of halogens is 1. The molecular weight excluding hydrogens is 273 g/mol. The van der Waals surface area contributed by atoms with Crippen LogP contribution in [0, 0.1) is 5.82 Å². The van der Waals surface area contributed by atoms with Crippen LogP contribution in [0.3, 0.4) is 0 Å². The van der Waals surface area contributed by atoms with Gasteiger partial charge in [-0.15, -0.1) is 0 Å². The zero-order valence-corrected chi connectivity index (χ0v) is 13.1. The van der Waals surface area contributed by atoms with Gasteiger partial charge in [0.05, 0.1) is 13.7 Å². The molecule has 1 aromatic rings.